The molecule has 3 atom stereocenters. The molecule has 0 spiro atoms. The Labute approximate surface area is 86.7 Å². The maximum Gasteiger partial charge on any atom is 0.00865 e. The second-order valence-corrected chi connectivity index (χ2v) is 4.28. The SMILES string of the molecule is CCC(C)C1C=CC=C2C=CC=CC21. The normalized spacial score (nSPS) is 31.1. The fraction of sp³-hybridized carbons (Fsp3) is 0.429. The lowest BCUT2D eigenvalue weighted by Gasteiger charge is -2.31. The van der Waals surface area contributed by atoms with E-state index in [1.54, 1.807) is 0 Å². The minimum Gasteiger partial charge on any atom is -0.0802 e. The van der Waals surface area contributed by atoms with E-state index in [1.165, 1.54) is 12.0 Å². The largest absolute Gasteiger partial charge is 0.0802 e. The Morgan fingerprint density at radius 2 is 2.07 bits per heavy atom. The van der Waals surface area contributed by atoms with Crippen LogP contribution >= 0.6 is 0 Å². The van der Waals surface area contributed by atoms with Gasteiger partial charge in [0.05, 0.1) is 0 Å². The van der Waals surface area contributed by atoms with E-state index in [-0.39, 0.29) is 0 Å². The monoisotopic (exact) mass is 186 g/mol. The van der Waals surface area contributed by atoms with Crippen molar-refractivity contribution >= 4 is 0 Å². The molecular formula is C14H18. The van der Waals surface area contributed by atoms with Crippen molar-refractivity contribution in [1.29, 1.82) is 0 Å². The molecule has 0 saturated heterocycles. The lowest BCUT2D eigenvalue weighted by atomic mass is 9.73. The lowest BCUT2D eigenvalue weighted by molar-refractivity contribution is 0.360. The highest BCUT2D eigenvalue weighted by Gasteiger charge is 2.26. The molecule has 3 unspecified atom stereocenters. The van der Waals surface area contributed by atoms with Crippen LogP contribution in [0.5, 0.6) is 0 Å². The van der Waals surface area contributed by atoms with Gasteiger partial charge in [-0.05, 0) is 17.4 Å². The number of hydrogen-bond donors (Lipinski definition) is 0. The van der Waals surface area contributed by atoms with Gasteiger partial charge in [-0.2, -0.15) is 0 Å². The van der Waals surface area contributed by atoms with E-state index < -0.39 is 0 Å². The van der Waals surface area contributed by atoms with Crippen LogP contribution in [-0.4, -0.2) is 0 Å². The molecule has 0 bridgehead atoms. The summed E-state index contributed by atoms with van der Waals surface area (Å²) < 4.78 is 0. The Morgan fingerprint density at radius 3 is 2.86 bits per heavy atom. The Kier molecular flexibility index (Phi) is 2.72. The summed E-state index contributed by atoms with van der Waals surface area (Å²) in [5.41, 5.74) is 1.47. The van der Waals surface area contributed by atoms with E-state index >= 15 is 0 Å². The van der Waals surface area contributed by atoms with Crippen molar-refractivity contribution in [2.45, 2.75) is 20.3 Å². The molecular weight excluding hydrogens is 168 g/mol. The molecule has 2 rings (SSSR count). The maximum absolute atomic E-state index is 2.37. The van der Waals surface area contributed by atoms with Crippen molar-refractivity contribution in [3.05, 3.63) is 48.1 Å². The summed E-state index contributed by atoms with van der Waals surface area (Å²) in [7, 11) is 0. The van der Waals surface area contributed by atoms with Gasteiger partial charge in [0.1, 0.15) is 0 Å². The summed E-state index contributed by atoms with van der Waals surface area (Å²) in [6.07, 6.45) is 17.0. The topological polar surface area (TPSA) is 0 Å². The summed E-state index contributed by atoms with van der Waals surface area (Å²) in [5.74, 6) is 2.09. The van der Waals surface area contributed by atoms with Crippen LogP contribution in [0.15, 0.2) is 48.1 Å². The molecule has 0 aliphatic heterocycles. The Hall–Kier alpha value is -1.04. The third-order valence-corrected chi connectivity index (χ3v) is 3.44. The van der Waals surface area contributed by atoms with E-state index in [9.17, 15) is 0 Å². The molecule has 0 N–H and O–H groups in total. The van der Waals surface area contributed by atoms with Crippen LogP contribution in [0, 0.1) is 17.8 Å². The number of rotatable bonds is 2. The molecule has 0 amide bonds. The van der Waals surface area contributed by atoms with Crippen molar-refractivity contribution in [2.75, 3.05) is 0 Å². The van der Waals surface area contributed by atoms with Crippen LogP contribution in [0.25, 0.3) is 0 Å². The highest BCUT2D eigenvalue weighted by atomic mass is 14.3. The molecule has 2 aliphatic carbocycles. The Balaban J connectivity index is 2.23. The van der Waals surface area contributed by atoms with Gasteiger partial charge in [-0.25, -0.2) is 0 Å². The zero-order valence-corrected chi connectivity index (χ0v) is 8.98. The fourth-order valence-corrected chi connectivity index (χ4v) is 2.32. The summed E-state index contributed by atoms with van der Waals surface area (Å²) >= 11 is 0. The van der Waals surface area contributed by atoms with E-state index in [4.69, 9.17) is 0 Å². The predicted octanol–water partition coefficient (Wildman–Crippen LogP) is 3.89. The maximum atomic E-state index is 2.37. The summed E-state index contributed by atoms with van der Waals surface area (Å²) in [6, 6.07) is 0. The number of allylic oxidation sites excluding steroid dienone is 8. The third kappa shape index (κ3) is 1.61. The molecule has 0 saturated carbocycles. The van der Waals surface area contributed by atoms with E-state index in [0.717, 1.165) is 5.92 Å². The average molecular weight is 186 g/mol. The predicted molar refractivity (Wildman–Crippen MR) is 61.9 cm³/mol. The van der Waals surface area contributed by atoms with E-state index in [2.05, 4.69) is 56.4 Å². The van der Waals surface area contributed by atoms with Gasteiger partial charge in [-0.3, -0.25) is 0 Å². The molecule has 2 aliphatic rings. The molecule has 0 radical (unpaired) electrons. The van der Waals surface area contributed by atoms with Gasteiger partial charge >= 0.3 is 0 Å². The summed E-state index contributed by atoms with van der Waals surface area (Å²) in [6.45, 7) is 4.63. The molecule has 0 heterocycles. The minimum atomic E-state index is 0.625. The fourth-order valence-electron chi connectivity index (χ4n) is 2.32. The van der Waals surface area contributed by atoms with Crippen molar-refractivity contribution in [2.24, 2.45) is 17.8 Å². The van der Waals surface area contributed by atoms with Crippen LogP contribution in [0.2, 0.25) is 0 Å². The second kappa shape index (κ2) is 4.00. The van der Waals surface area contributed by atoms with E-state index in [1.807, 2.05) is 0 Å². The summed E-state index contributed by atoms with van der Waals surface area (Å²) in [5, 5.41) is 0. The molecule has 74 valence electrons. The van der Waals surface area contributed by atoms with Gasteiger partial charge in [0, 0.05) is 5.92 Å². The molecule has 0 fully saturated rings. The molecule has 0 aromatic rings. The minimum absolute atomic E-state index is 0.625. The zero-order chi connectivity index (χ0) is 9.97. The first-order valence-electron chi connectivity index (χ1n) is 5.56. The van der Waals surface area contributed by atoms with Crippen LogP contribution < -0.4 is 0 Å². The van der Waals surface area contributed by atoms with Crippen LogP contribution in [0.3, 0.4) is 0 Å². The molecule has 14 heavy (non-hydrogen) atoms. The Bertz CT molecular complexity index is 315. The average Bonchev–Trinajstić information content (AvgIpc) is 2.27. The van der Waals surface area contributed by atoms with Gasteiger partial charge in [0.2, 0.25) is 0 Å². The number of fused-ring (bicyclic) bond motifs is 1. The molecule has 0 aromatic heterocycles. The third-order valence-electron chi connectivity index (χ3n) is 3.44. The second-order valence-electron chi connectivity index (χ2n) is 4.28. The standard InChI is InChI=1S/C14H18/c1-3-11(2)13-10-6-8-12-7-4-5-9-14(12)13/h4-11,13-14H,3H2,1-2H3. The van der Waals surface area contributed by atoms with Crippen molar-refractivity contribution in [3.8, 4) is 0 Å². The van der Waals surface area contributed by atoms with Gasteiger partial charge in [-0.1, -0.05) is 62.8 Å². The van der Waals surface area contributed by atoms with Crippen LogP contribution in [0.4, 0.5) is 0 Å². The van der Waals surface area contributed by atoms with E-state index in [0.29, 0.717) is 11.8 Å². The number of hydrogen-bond acceptors (Lipinski definition) is 0. The highest BCUT2D eigenvalue weighted by Crippen LogP contribution is 2.36. The van der Waals surface area contributed by atoms with Gasteiger partial charge < -0.3 is 0 Å². The molecule has 0 nitrogen and oxygen atoms in total. The van der Waals surface area contributed by atoms with Crippen molar-refractivity contribution in [3.63, 3.8) is 0 Å². The van der Waals surface area contributed by atoms with Crippen LogP contribution in [0.1, 0.15) is 20.3 Å². The highest BCUT2D eigenvalue weighted by molar-refractivity contribution is 5.39. The first-order chi connectivity index (χ1) is 6.83. The van der Waals surface area contributed by atoms with Gasteiger partial charge in [0.15, 0.2) is 0 Å². The van der Waals surface area contributed by atoms with Gasteiger partial charge in [-0.15, -0.1) is 0 Å². The first-order valence-corrected chi connectivity index (χ1v) is 5.56. The summed E-state index contributed by atoms with van der Waals surface area (Å²) in [4.78, 5) is 0. The Morgan fingerprint density at radius 1 is 1.21 bits per heavy atom. The quantitative estimate of drug-likeness (QED) is 0.613. The van der Waals surface area contributed by atoms with Crippen LogP contribution in [-0.2, 0) is 0 Å². The lowest BCUT2D eigenvalue weighted by Crippen LogP contribution is -2.22. The van der Waals surface area contributed by atoms with Crippen molar-refractivity contribution in [1.82, 2.24) is 0 Å². The first kappa shape index (κ1) is 9.51. The molecule has 0 heteroatoms. The smallest absolute Gasteiger partial charge is 0.00865 e. The molecule has 0 aromatic carbocycles. The van der Waals surface area contributed by atoms with Gasteiger partial charge in [0.25, 0.3) is 0 Å². The van der Waals surface area contributed by atoms with Crippen molar-refractivity contribution < 1.29 is 0 Å². The zero-order valence-electron chi connectivity index (χ0n) is 8.98.